The lowest BCUT2D eigenvalue weighted by atomic mass is 9.99. The molecule has 0 radical (unpaired) electrons. The van der Waals surface area contributed by atoms with Crippen LogP contribution in [-0.4, -0.2) is 17.4 Å². The predicted octanol–water partition coefficient (Wildman–Crippen LogP) is 2.25. The molecule has 76 valence electrons. The van der Waals surface area contributed by atoms with E-state index in [1.165, 1.54) is 6.42 Å². The molecule has 0 spiro atoms. The molecule has 3 heteroatoms. The summed E-state index contributed by atoms with van der Waals surface area (Å²) in [5.74, 6) is -1.16. The van der Waals surface area contributed by atoms with Crippen molar-refractivity contribution < 1.29 is 14.7 Å². The quantitative estimate of drug-likeness (QED) is 0.467. The highest BCUT2D eigenvalue weighted by atomic mass is 16.4. The van der Waals surface area contributed by atoms with Crippen molar-refractivity contribution in [1.82, 2.24) is 0 Å². The molecule has 1 N–H and O–H groups in total. The van der Waals surface area contributed by atoms with Crippen LogP contribution < -0.4 is 0 Å². The molecular formula is C10H18O3. The summed E-state index contributed by atoms with van der Waals surface area (Å²) in [6.45, 7) is 2.12. The molecule has 0 heterocycles. The minimum absolute atomic E-state index is 0.0182. The van der Waals surface area contributed by atoms with Gasteiger partial charge in [-0.3, -0.25) is 4.79 Å². The highest BCUT2D eigenvalue weighted by Crippen LogP contribution is 2.12. The first-order chi connectivity index (χ1) is 6.20. The normalized spacial score (nSPS) is 12.4. The van der Waals surface area contributed by atoms with Crippen molar-refractivity contribution in [3.63, 3.8) is 0 Å². The van der Waals surface area contributed by atoms with E-state index in [-0.39, 0.29) is 12.3 Å². The lowest BCUT2D eigenvalue weighted by Crippen LogP contribution is -2.08. The monoisotopic (exact) mass is 186 g/mol. The van der Waals surface area contributed by atoms with E-state index >= 15 is 0 Å². The smallest absolute Gasteiger partial charge is 0.304 e. The van der Waals surface area contributed by atoms with Crippen molar-refractivity contribution in [2.75, 3.05) is 0 Å². The maximum atomic E-state index is 10.4. The van der Waals surface area contributed by atoms with Gasteiger partial charge in [-0.25, -0.2) is 0 Å². The Morgan fingerprint density at radius 1 is 1.38 bits per heavy atom. The van der Waals surface area contributed by atoms with Crippen LogP contribution in [0.15, 0.2) is 0 Å². The van der Waals surface area contributed by atoms with Gasteiger partial charge in [-0.05, 0) is 6.42 Å². The van der Waals surface area contributed by atoms with Gasteiger partial charge in [0.05, 0.1) is 6.42 Å². The molecule has 3 nitrogen and oxygen atoms in total. The van der Waals surface area contributed by atoms with Gasteiger partial charge in [0.2, 0.25) is 0 Å². The molecule has 0 aliphatic rings. The van der Waals surface area contributed by atoms with Gasteiger partial charge in [-0.1, -0.05) is 32.6 Å². The van der Waals surface area contributed by atoms with Crippen LogP contribution in [0, 0.1) is 5.92 Å². The summed E-state index contributed by atoms with van der Waals surface area (Å²) in [5.41, 5.74) is 0. The van der Waals surface area contributed by atoms with Crippen molar-refractivity contribution in [3.05, 3.63) is 0 Å². The van der Waals surface area contributed by atoms with Gasteiger partial charge in [-0.15, -0.1) is 0 Å². The third kappa shape index (κ3) is 7.50. The van der Waals surface area contributed by atoms with E-state index < -0.39 is 5.97 Å². The van der Waals surface area contributed by atoms with Gasteiger partial charge >= 0.3 is 5.97 Å². The molecule has 0 aromatic heterocycles. The van der Waals surface area contributed by atoms with E-state index in [0.717, 1.165) is 32.0 Å². The van der Waals surface area contributed by atoms with Gasteiger partial charge in [0.1, 0.15) is 6.29 Å². The summed E-state index contributed by atoms with van der Waals surface area (Å²) in [5, 5.41) is 8.46. The first kappa shape index (κ1) is 12.1. The first-order valence-corrected chi connectivity index (χ1v) is 4.87. The van der Waals surface area contributed by atoms with Crippen LogP contribution in [0.4, 0.5) is 0 Å². The number of rotatable bonds is 8. The molecule has 1 atom stereocenters. The number of aldehydes is 1. The second-order valence-corrected chi connectivity index (χ2v) is 3.34. The second kappa shape index (κ2) is 7.77. The predicted molar refractivity (Wildman–Crippen MR) is 50.6 cm³/mol. The third-order valence-electron chi connectivity index (χ3n) is 2.06. The Morgan fingerprint density at radius 2 is 2.08 bits per heavy atom. The highest BCUT2D eigenvalue weighted by Gasteiger charge is 2.10. The summed E-state index contributed by atoms with van der Waals surface area (Å²) < 4.78 is 0. The Kier molecular flexibility index (Phi) is 7.26. The Hall–Kier alpha value is -0.860. The maximum absolute atomic E-state index is 10.4. The van der Waals surface area contributed by atoms with Crippen LogP contribution in [0.1, 0.15) is 45.4 Å². The van der Waals surface area contributed by atoms with Crippen molar-refractivity contribution in [2.45, 2.75) is 45.4 Å². The fourth-order valence-corrected chi connectivity index (χ4v) is 1.28. The zero-order valence-corrected chi connectivity index (χ0v) is 8.16. The van der Waals surface area contributed by atoms with E-state index in [2.05, 4.69) is 6.92 Å². The minimum Gasteiger partial charge on any atom is -0.481 e. The molecule has 0 saturated carbocycles. The second-order valence-electron chi connectivity index (χ2n) is 3.34. The lowest BCUT2D eigenvalue weighted by Gasteiger charge is -2.05. The van der Waals surface area contributed by atoms with Crippen molar-refractivity contribution in [2.24, 2.45) is 5.92 Å². The minimum atomic E-state index is -0.882. The van der Waals surface area contributed by atoms with Crippen molar-refractivity contribution in [1.29, 1.82) is 0 Å². The third-order valence-corrected chi connectivity index (χ3v) is 2.06. The van der Waals surface area contributed by atoms with Crippen LogP contribution in [0.25, 0.3) is 0 Å². The van der Waals surface area contributed by atoms with Gasteiger partial charge in [0.15, 0.2) is 0 Å². The van der Waals surface area contributed by atoms with E-state index in [0.29, 0.717) is 0 Å². The molecule has 0 saturated heterocycles. The number of carboxylic acids is 1. The molecule has 0 aliphatic carbocycles. The Bertz CT molecular complexity index is 154. The first-order valence-electron chi connectivity index (χ1n) is 4.87. The average Bonchev–Trinajstić information content (AvgIpc) is 2.09. The standard InChI is InChI=1S/C10H18O3/c1-2-3-4-5-6-9(8-11)7-10(12)13/h8-9H,2-7H2,1H3,(H,12,13). The molecule has 0 bridgehead atoms. The number of hydrogen-bond acceptors (Lipinski definition) is 2. The number of carbonyl (C=O) groups excluding carboxylic acids is 1. The molecule has 0 rings (SSSR count). The van der Waals surface area contributed by atoms with Gasteiger partial charge in [-0.2, -0.15) is 0 Å². The van der Waals surface area contributed by atoms with E-state index in [1.807, 2.05) is 0 Å². The number of carbonyl (C=O) groups is 2. The van der Waals surface area contributed by atoms with Crippen molar-refractivity contribution >= 4 is 12.3 Å². The van der Waals surface area contributed by atoms with Crippen LogP contribution in [-0.2, 0) is 9.59 Å². The molecular weight excluding hydrogens is 168 g/mol. The molecule has 0 aromatic rings. The molecule has 0 aromatic carbocycles. The van der Waals surface area contributed by atoms with Crippen LogP contribution >= 0.6 is 0 Å². The summed E-state index contributed by atoms with van der Waals surface area (Å²) in [7, 11) is 0. The molecule has 13 heavy (non-hydrogen) atoms. The van der Waals surface area contributed by atoms with Crippen LogP contribution in [0.3, 0.4) is 0 Å². The van der Waals surface area contributed by atoms with Crippen LogP contribution in [0.2, 0.25) is 0 Å². The Balaban J connectivity index is 3.48. The van der Waals surface area contributed by atoms with E-state index in [4.69, 9.17) is 5.11 Å². The zero-order chi connectivity index (χ0) is 10.1. The zero-order valence-electron chi connectivity index (χ0n) is 8.16. The van der Waals surface area contributed by atoms with Gasteiger partial charge in [0.25, 0.3) is 0 Å². The topological polar surface area (TPSA) is 54.4 Å². The van der Waals surface area contributed by atoms with Gasteiger partial charge in [0, 0.05) is 5.92 Å². The largest absolute Gasteiger partial charge is 0.481 e. The summed E-state index contributed by atoms with van der Waals surface area (Å²) in [6, 6.07) is 0. The number of carboxylic acid groups (broad SMARTS) is 1. The summed E-state index contributed by atoms with van der Waals surface area (Å²) in [4.78, 5) is 20.7. The molecule has 0 aliphatic heterocycles. The van der Waals surface area contributed by atoms with Crippen molar-refractivity contribution in [3.8, 4) is 0 Å². The highest BCUT2D eigenvalue weighted by molar-refractivity contribution is 5.71. The lowest BCUT2D eigenvalue weighted by molar-refractivity contribution is -0.139. The Morgan fingerprint density at radius 3 is 2.54 bits per heavy atom. The average molecular weight is 186 g/mol. The SMILES string of the molecule is CCCCCCC(C=O)CC(=O)O. The fraction of sp³-hybridized carbons (Fsp3) is 0.800. The molecule has 1 unspecified atom stereocenters. The maximum Gasteiger partial charge on any atom is 0.304 e. The number of aliphatic carboxylic acids is 1. The Labute approximate surface area is 79.1 Å². The molecule has 0 fully saturated rings. The fourth-order valence-electron chi connectivity index (χ4n) is 1.28. The van der Waals surface area contributed by atoms with E-state index in [9.17, 15) is 9.59 Å². The van der Waals surface area contributed by atoms with E-state index in [1.54, 1.807) is 0 Å². The van der Waals surface area contributed by atoms with Crippen LogP contribution in [0.5, 0.6) is 0 Å². The summed E-state index contributed by atoms with van der Waals surface area (Å²) in [6.07, 6.45) is 5.85. The number of hydrogen-bond donors (Lipinski definition) is 1. The van der Waals surface area contributed by atoms with Gasteiger partial charge < -0.3 is 9.90 Å². The summed E-state index contributed by atoms with van der Waals surface area (Å²) >= 11 is 0. The number of unbranched alkanes of at least 4 members (excludes halogenated alkanes) is 3. The molecule has 0 amide bonds.